The molecule has 1 saturated carbocycles. The van der Waals surface area contributed by atoms with Crippen LogP contribution in [0.25, 0.3) is 0 Å². The third-order valence-electron chi connectivity index (χ3n) is 5.23. The molecule has 2 heterocycles. The molecule has 0 bridgehead atoms. The van der Waals surface area contributed by atoms with Crippen LogP contribution in [0.15, 0.2) is 4.42 Å². The van der Waals surface area contributed by atoms with Gasteiger partial charge < -0.3 is 14.3 Å². The number of aliphatic hydroxyl groups excluding tert-OH is 1. The van der Waals surface area contributed by atoms with Crippen LogP contribution in [0.1, 0.15) is 57.7 Å². The van der Waals surface area contributed by atoms with Gasteiger partial charge in [-0.2, -0.15) is 0 Å². The summed E-state index contributed by atoms with van der Waals surface area (Å²) in [5.41, 5.74) is -0.0234. The minimum Gasteiger partial charge on any atom is -0.424 e. The molecule has 0 amide bonds. The number of piperidine rings is 1. The summed E-state index contributed by atoms with van der Waals surface area (Å²) in [7, 11) is 0. The largest absolute Gasteiger partial charge is 0.424 e. The van der Waals surface area contributed by atoms with Gasteiger partial charge in [-0.25, -0.2) is 0 Å². The Balaban J connectivity index is 1.55. The molecule has 1 aromatic heterocycles. The van der Waals surface area contributed by atoms with E-state index in [1.54, 1.807) is 0 Å². The minimum atomic E-state index is -0.206. The zero-order valence-corrected chi connectivity index (χ0v) is 13.8. The standard InChI is InChI=1S/C16H27N3O3/c1-4-21-13-9-12(20)16(13)5-7-19(8-6-16)10-14-17-18-15(22-14)11(2)3/h11-13,20H,4-10H2,1-3H3. The monoisotopic (exact) mass is 309 g/mol. The summed E-state index contributed by atoms with van der Waals surface area (Å²) in [5.74, 6) is 1.66. The Labute approximate surface area is 131 Å². The van der Waals surface area contributed by atoms with E-state index in [9.17, 15) is 5.11 Å². The van der Waals surface area contributed by atoms with Gasteiger partial charge in [0.05, 0.1) is 18.8 Å². The topological polar surface area (TPSA) is 71.6 Å². The van der Waals surface area contributed by atoms with Gasteiger partial charge in [0.15, 0.2) is 0 Å². The number of nitrogens with zero attached hydrogens (tertiary/aromatic N) is 3. The third kappa shape index (κ3) is 2.79. The van der Waals surface area contributed by atoms with Crippen molar-refractivity contribution in [2.24, 2.45) is 5.41 Å². The number of hydrogen-bond acceptors (Lipinski definition) is 6. The van der Waals surface area contributed by atoms with Crippen LogP contribution in [0.2, 0.25) is 0 Å². The predicted octanol–water partition coefficient (Wildman–Crippen LogP) is 1.94. The normalized spacial score (nSPS) is 28.2. The number of aliphatic hydroxyl groups is 1. The Kier molecular flexibility index (Phi) is 4.52. The highest BCUT2D eigenvalue weighted by atomic mass is 16.5. The average Bonchev–Trinajstić information content (AvgIpc) is 2.97. The van der Waals surface area contributed by atoms with Crippen molar-refractivity contribution in [1.29, 1.82) is 0 Å². The van der Waals surface area contributed by atoms with Crippen molar-refractivity contribution in [1.82, 2.24) is 15.1 Å². The summed E-state index contributed by atoms with van der Waals surface area (Å²) in [5, 5.41) is 18.4. The second-order valence-electron chi connectivity index (χ2n) is 6.89. The summed E-state index contributed by atoms with van der Waals surface area (Å²) in [6, 6.07) is 0. The molecule has 0 aromatic carbocycles. The zero-order valence-electron chi connectivity index (χ0n) is 13.8. The van der Waals surface area contributed by atoms with Crippen molar-refractivity contribution < 1.29 is 14.3 Å². The molecular formula is C16H27N3O3. The van der Waals surface area contributed by atoms with Crippen molar-refractivity contribution in [3.05, 3.63) is 11.8 Å². The van der Waals surface area contributed by atoms with Gasteiger partial charge in [0.1, 0.15) is 0 Å². The lowest BCUT2D eigenvalue weighted by Gasteiger charge is -2.56. The van der Waals surface area contributed by atoms with Crippen LogP contribution in [0.4, 0.5) is 0 Å². The van der Waals surface area contributed by atoms with Gasteiger partial charge in [-0.05, 0) is 32.9 Å². The molecule has 2 atom stereocenters. The fourth-order valence-electron chi connectivity index (χ4n) is 3.70. The first-order chi connectivity index (χ1) is 10.5. The molecule has 1 aliphatic carbocycles. The van der Waals surface area contributed by atoms with E-state index in [-0.39, 0.29) is 23.5 Å². The fourth-order valence-corrected chi connectivity index (χ4v) is 3.70. The van der Waals surface area contributed by atoms with Crippen molar-refractivity contribution in [2.45, 2.75) is 64.7 Å². The van der Waals surface area contributed by atoms with E-state index >= 15 is 0 Å². The first-order valence-corrected chi connectivity index (χ1v) is 8.39. The molecule has 1 saturated heterocycles. The molecule has 2 unspecified atom stereocenters. The Hall–Kier alpha value is -0.980. The van der Waals surface area contributed by atoms with Gasteiger partial charge in [-0.15, -0.1) is 10.2 Å². The predicted molar refractivity (Wildman–Crippen MR) is 81.4 cm³/mol. The van der Waals surface area contributed by atoms with E-state index in [2.05, 4.69) is 15.1 Å². The number of ether oxygens (including phenoxy) is 1. The molecule has 1 aliphatic heterocycles. The molecule has 6 nitrogen and oxygen atoms in total. The molecule has 2 aliphatic rings. The van der Waals surface area contributed by atoms with E-state index in [0.29, 0.717) is 18.3 Å². The Bertz CT molecular complexity index is 493. The zero-order chi connectivity index (χ0) is 15.7. The highest BCUT2D eigenvalue weighted by molar-refractivity contribution is 5.06. The summed E-state index contributed by atoms with van der Waals surface area (Å²) in [6.07, 6.45) is 2.76. The summed E-state index contributed by atoms with van der Waals surface area (Å²) in [6.45, 7) is 9.44. The first-order valence-electron chi connectivity index (χ1n) is 8.39. The van der Waals surface area contributed by atoms with Crippen LogP contribution in [0.3, 0.4) is 0 Å². The number of aromatic nitrogens is 2. The summed E-state index contributed by atoms with van der Waals surface area (Å²) >= 11 is 0. The number of likely N-dealkylation sites (tertiary alicyclic amines) is 1. The SMILES string of the molecule is CCOC1CC(O)C12CCN(Cc1nnc(C(C)C)o1)CC2. The van der Waals surface area contributed by atoms with E-state index in [4.69, 9.17) is 9.15 Å². The van der Waals surface area contributed by atoms with Gasteiger partial charge in [-0.1, -0.05) is 13.8 Å². The van der Waals surface area contributed by atoms with Crippen LogP contribution in [-0.2, 0) is 11.3 Å². The number of hydrogen-bond donors (Lipinski definition) is 1. The minimum absolute atomic E-state index is 0.0234. The quantitative estimate of drug-likeness (QED) is 0.896. The van der Waals surface area contributed by atoms with Crippen LogP contribution in [0.5, 0.6) is 0 Å². The van der Waals surface area contributed by atoms with E-state index in [1.807, 2.05) is 20.8 Å². The third-order valence-corrected chi connectivity index (χ3v) is 5.23. The van der Waals surface area contributed by atoms with E-state index in [1.165, 1.54) is 0 Å². The second kappa shape index (κ2) is 6.26. The van der Waals surface area contributed by atoms with Crippen LogP contribution in [0, 0.1) is 5.41 Å². The van der Waals surface area contributed by atoms with Crippen molar-refractivity contribution >= 4 is 0 Å². The second-order valence-corrected chi connectivity index (χ2v) is 6.89. The maximum absolute atomic E-state index is 10.2. The molecule has 2 fully saturated rings. The van der Waals surface area contributed by atoms with Gasteiger partial charge in [0.25, 0.3) is 0 Å². The van der Waals surface area contributed by atoms with Crippen molar-refractivity contribution in [2.75, 3.05) is 19.7 Å². The molecule has 1 aromatic rings. The Morgan fingerprint density at radius 1 is 1.36 bits per heavy atom. The van der Waals surface area contributed by atoms with Crippen molar-refractivity contribution in [3.63, 3.8) is 0 Å². The smallest absolute Gasteiger partial charge is 0.230 e. The van der Waals surface area contributed by atoms with Crippen LogP contribution < -0.4 is 0 Å². The van der Waals surface area contributed by atoms with Gasteiger partial charge in [0.2, 0.25) is 11.8 Å². The molecular weight excluding hydrogens is 282 g/mol. The van der Waals surface area contributed by atoms with Crippen LogP contribution in [-0.4, -0.2) is 52.1 Å². The summed E-state index contributed by atoms with van der Waals surface area (Å²) < 4.78 is 11.5. The molecule has 6 heteroatoms. The fraction of sp³-hybridized carbons (Fsp3) is 0.875. The van der Waals surface area contributed by atoms with E-state index < -0.39 is 0 Å². The van der Waals surface area contributed by atoms with E-state index in [0.717, 1.165) is 39.0 Å². The average molecular weight is 309 g/mol. The first kappa shape index (κ1) is 15.9. The van der Waals surface area contributed by atoms with Gasteiger partial charge in [-0.3, -0.25) is 4.90 Å². The molecule has 0 radical (unpaired) electrons. The Morgan fingerprint density at radius 2 is 2.09 bits per heavy atom. The molecule has 1 N–H and O–H groups in total. The molecule has 22 heavy (non-hydrogen) atoms. The molecule has 124 valence electrons. The van der Waals surface area contributed by atoms with Gasteiger partial charge in [0, 0.05) is 24.4 Å². The lowest BCUT2D eigenvalue weighted by molar-refractivity contribution is -0.210. The number of rotatable bonds is 5. The maximum atomic E-state index is 10.2. The lowest BCUT2D eigenvalue weighted by atomic mass is 9.58. The Morgan fingerprint density at radius 3 is 2.64 bits per heavy atom. The van der Waals surface area contributed by atoms with Gasteiger partial charge >= 0.3 is 0 Å². The maximum Gasteiger partial charge on any atom is 0.230 e. The van der Waals surface area contributed by atoms with Crippen LogP contribution >= 0.6 is 0 Å². The molecule has 1 spiro atoms. The highest BCUT2D eigenvalue weighted by Gasteiger charge is 2.55. The lowest BCUT2D eigenvalue weighted by Crippen LogP contribution is -2.62. The molecule has 3 rings (SSSR count). The highest BCUT2D eigenvalue weighted by Crippen LogP contribution is 2.51. The summed E-state index contributed by atoms with van der Waals surface area (Å²) in [4.78, 5) is 2.33. The van der Waals surface area contributed by atoms with Crippen molar-refractivity contribution in [3.8, 4) is 0 Å².